The van der Waals surface area contributed by atoms with Gasteiger partial charge in [-0.3, -0.25) is 4.90 Å². The maximum absolute atomic E-state index is 4.50. The molecular weight excluding hydrogens is 258 g/mol. The van der Waals surface area contributed by atoms with Gasteiger partial charge < -0.3 is 5.32 Å². The van der Waals surface area contributed by atoms with Crippen molar-refractivity contribution < 1.29 is 0 Å². The van der Waals surface area contributed by atoms with E-state index in [2.05, 4.69) is 46.4 Å². The average molecular weight is 281 g/mol. The average Bonchev–Trinajstić information content (AvgIpc) is 2.52. The van der Waals surface area contributed by atoms with E-state index in [-0.39, 0.29) is 0 Å². The summed E-state index contributed by atoms with van der Waals surface area (Å²) in [4.78, 5) is 7.04. The molecule has 3 rings (SSSR count). The Morgan fingerprint density at radius 1 is 1.14 bits per heavy atom. The zero-order valence-electron chi connectivity index (χ0n) is 12.8. The van der Waals surface area contributed by atoms with E-state index in [0.717, 1.165) is 37.6 Å². The van der Waals surface area contributed by atoms with E-state index >= 15 is 0 Å². The van der Waals surface area contributed by atoms with Crippen molar-refractivity contribution in [3.63, 3.8) is 0 Å². The lowest BCUT2D eigenvalue weighted by molar-refractivity contribution is 0.198. The summed E-state index contributed by atoms with van der Waals surface area (Å²) in [6.07, 6.45) is 1.16. The maximum Gasteiger partial charge on any atom is 0.126 e. The number of benzene rings is 1. The second-order valence-electron chi connectivity index (χ2n) is 5.88. The molecule has 2 aromatic rings. The molecule has 0 radical (unpaired) electrons. The monoisotopic (exact) mass is 281 g/mol. The van der Waals surface area contributed by atoms with Crippen molar-refractivity contribution in [1.29, 1.82) is 0 Å². The van der Waals surface area contributed by atoms with Crippen LogP contribution in [0.3, 0.4) is 0 Å². The Balaban J connectivity index is 1.58. The van der Waals surface area contributed by atoms with Gasteiger partial charge in [-0.15, -0.1) is 0 Å². The molecular formula is C18H23N3. The van der Waals surface area contributed by atoms with E-state index in [4.69, 9.17) is 0 Å². The summed E-state index contributed by atoms with van der Waals surface area (Å²) in [5.41, 5.74) is 4.04. The highest BCUT2D eigenvalue weighted by atomic mass is 15.2. The van der Waals surface area contributed by atoms with Crippen LogP contribution in [0.4, 0.5) is 5.82 Å². The second-order valence-corrected chi connectivity index (χ2v) is 5.88. The lowest BCUT2D eigenvalue weighted by Gasteiger charge is -2.33. The van der Waals surface area contributed by atoms with Crippen molar-refractivity contribution in [2.45, 2.75) is 32.9 Å². The number of pyridine rings is 1. The van der Waals surface area contributed by atoms with Crippen molar-refractivity contribution in [2.75, 3.05) is 18.4 Å². The fourth-order valence-electron chi connectivity index (χ4n) is 2.92. The predicted molar refractivity (Wildman–Crippen MR) is 87.5 cm³/mol. The predicted octanol–water partition coefficient (Wildman–Crippen LogP) is 3.25. The van der Waals surface area contributed by atoms with Gasteiger partial charge in [0.05, 0.1) is 0 Å². The molecule has 0 fully saturated rings. The minimum atomic E-state index is 0.501. The van der Waals surface area contributed by atoms with E-state index in [1.165, 1.54) is 11.1 Å². The number of aromatic nitrogens is 1. The fourth-order valence-corrected chi connectivity index (χ4v) is 2.92. The SMILES string of the molecule is Cc1cccc(NCC(C)N2CCc3ccccc3C2)n1. The molecule has 3 nitrogen and oxygen atoms in total. The van der Waals surface area contributed by atoms with Gasteiger partial charge in [0, 0.05) is 31.4 Å². The number of aryl methyl sites for hydroxylation is 1. The highest BCUT2D eigenvalue weighted by Gasteiger charge is 2.20. The quantitative estimate of drug-likeness (QED) is 0.932. The summed E-state index contributed by atoms with van der Waals surface area (Å²) in [5.74, 6) is 0.972. The van der Waals surface area contributed by atoms with Crippen molar-refractivity contribution >= 4 is 5.82 Å². The Kier molecular flexibility index (Phi) is 4.20. The van der Waals surface area contributed by atoms with Gasteiger partial charge >= 0.3 is 0 Å². The molecule has 1 atom stereocenters. The van der Waals surface area contributed by atoms with Crippen molar-refractivity contribution in [3.8, 4) is 0 Å². The molecule has 0 aliphatic carbocycles. The minimum absolute atomic E-state index is 0.501. The molecule has 0 saturated heterocycles. The number of nitrogens with zero attached hydrogens (tertiary/aromatic N) is 2. The van der Waals surface area contributed by atoms with Crippen molar-refractivity contribution in [3.05, 3.63) is 59.3 Å². The zero-order valence-corrected chi connectivity index (χ0v) is 12.8. The van der Waals surface area contributed by atoms with Crippen LogP contribution in [0, 0.1) is 6.92 Å². The van der Waals surface area contributed by atoms with Crippen LogP contribution < -0.4 is 5.32 Å². The van der Waals surface area contributed by atoms with Gasteiger partial charge in [-0.2, -0.15) is 0 Å². The lowest BCUT2D eigenvalue weighted by atomic mass is 9.99. The van der Waals surface area contributed by atoms with Crippen LogP contribution in [0.5, 0.6) is 0 Å². The molecule has 0 saturated carbocycles. The highest BCUT2D eigenvalue weighted by Crippen LogP contribution is 2.20. The maximum atomic E-state index is 4.50. The van der Waals surface area contributed by atoms with Gasteiger partial charge in [-0.25, -0.2) is 4.98 Å². The van der Waals surface area contributed by atoms with E-state index in [0.29, 0.717) is 6.04 Å². The Bertz CT molecular complexity index is 609. The third kappa shape index (κ3) is 3.42. The van der Waals surface area contributed by atoms with E-state index in [1.807, 2.05) is 25.1 Å². The molecule has 0 spiro atoms. The van der Waals surface area contributed by atoms with Gasteiger partial charge in [0.1, 0.15) is 5.82 Å². The number of anilines is 1. The molecule has 1 N–H and O–H groups in total. The second kappa shape index (κ2) is 6.27. The Morgan fingerprint density at radius 3 is 2.76 bits per heavy atom. The normalized spacial score (nSPS) is 16.3. The van der Waals surface area contributed by atoms with Gasteiger partial charge in [0.25, 0.3) is 0 Å². The molecule has 1 aromatic carbocycles. The van der Waals surface area contributed by atoms with Crippen molar-refractivity contribution in [1.82, 2.24) is 9.88 Å². The number of hydrogen-bond acceptors (Lipinski definition) is 3. The van der Waals surface area contributed by atoms with Gasteiger partial charge in [0.2, 0.25) is 0 Å². The molecule has 1 unspecified atom stereocenters. The van der Waals surface area contributed by atoms with Gasteiger partial charge in [-0.1, -0.05) is 30.3 Å². The Morgan fingerprint density at radius 2 is 1.95 bits per heavy atom. The van der Waals surface area contributed by atoms with Crippen LogP contribution in [0.2, 0.25) is 0 Å². The molecule has 0 bridgehead atoms. The van der Waals surface area contributed by atoms with Crippen LogP contribution in [0.25, 0.3) is 0 Å². The third-order valence-electron chi connectivity index (χ3n) is 4.25. The van der Waals surface area contributed by atoms with Gasteiger partial charge in [-0.05, 0) is 43.5 Å². The smallest absolute Gasteiger partial charge is 0.126 e. The summed E-state index contributed by atoms with van der Waals surface area (Å²) in [6, 6.07) is 15.4. The van der Waals surface area contributed by atoms with Crippen LogP contribution in [-0.2, 0) is 13.0 Å². The molecule has 110 valence electrons. The van der Waals surface area contributed by atoms with Crippen LogP contribution in [-0.4, -0.2) is 29.0 Å². The minimum Gasteiger partial charge on any atom is -0.369 e. The summed E-state index contributed by atoms with van der Waals surface area (Å²) in [5, 5.41) is 3.45. The van der Waals surface area contributed by atoms with E-state index in [1.54, 1.807) is 0 Å². The first kappa shape index (κ1) is 14.1. The molecule has 3 heteroatoms. The topological polar surface area (TPSA) is 28.2 Å². The van der Waals surface area contributed by atoms with Crippen LogP contribution >= 0.6 is 0 Å². The third-order valence-corrected chi connectivity index (χ3v) is 4.25. The summed E-state index contributed by atoms with van der Waals surface area (Å²) < 4.78 is 0. The lowest BCUT2D eigenvalue weighted by Crippen LogP contribution is -2.41. The largest absolute Gasteiger partial charge is 0.369 e. The standard InChI is InChI=1S/C18H23N3/c1-14-6-5-9-18(20-14)19-12-15(2)21-11-10-16-7-3-4-8-17(16)13-21/h3-9,15H,10-13H2,1-2H3,(H,19,20). The zero-order chi connectivity index (χ0) is 14.7. The van der Waals surface area contributed by atoms with Crippen molar-refractivity contribution in [2.24, 2.45) is 0 Å². The van der Waals surface area contributed by atoms with E-state index in [9.17, 15) is 0 Å². The number of nitrogens with one attached hydrogen (secondary N) is 1. The Hall–Kier alpha value is -1.87. The molecule has 2 heterocycles. The molecule has 0 amide bonds. The number of rotatable bonds is 4. The first-order valence-corrected chi connectivity index (χ1v) is 7.71. The molecule has 1 aliphatic heterocycles. The first-order chi connectivity index (χ1) is 10.2. The summed E-state index contributed by atoms with van der Waals surface area (Å²) >= 11 is 0. The number of fused-ring (bicyclic) bond motifs is 1. The van der Waals surface area contributed by atoms with E-state index < -0.39 is 0 Å². The Labute approximate surface area is 127 Å². The molecule has 1 aliphatic rings. The summed E-state index contributed by atoms with van der Waals surface area (Å²) in [7, 11) is 0. The summed E-state index contributed by atoms with van der Waals surface area (Å²) in [6.45, 7) is 7.44. The molecule has 1 aromatic heterocycles. The van der Waals surface area contributed by atoms with Crippen LogP contribution in [0.15, 0.2) is 42.5 Å². The van der Waals surface area contributed by atoms with Crippen LogP contribution in [0.1, 0.15) is 23.7 Å². The van der Waals surface area contributed by atoms with Gasteiger partial charge in [0.15, 0.2) is 0 Å². The first-order valence-electron chi connectivity index (χ1n) is 7.71. The highest BCUT2D eigenvalue weighted by molar-refractivity contribution is 5.35. The number of hydrogen-bond donors (Lipinski definition) is 1. The molecule has 21 heavy (non-hydrogen) atoms. The fraction of sp³-hybridized carbons (Fsp3) is 0.389.